The van der Waals surface area contributed by atoms with E-state index in [1.54, 1.807) is 0 Å². The Morgan fingerprint density at radius 2 is 1.08 bits per heavy atom. The molecule has 3 aromatic carbocycles. The molecule has 0 atom stereocenters. The molecular weight excluding hydrogens is 336 g/mol. The predicted octanol–water partition coefficient (Wildman–Crippen LogP) is 4.96. The SMILES string of the molecule is C=CC[Si](OCc1ccccc1)(OCc1ccccc1)c1ccccc1. The molecule has 0 unspecified atom stereocenters. The maximum Gasteiger partial charge on any atom is 0.376 e. The van der Waals surface area contributed by atoms with Crippen LogP contribution in [0.3, 0.4) is 0 Å². The van der Waals surface area contributed by atoms with Crippen molar-refractivity contribution in [3.63, 3.8) is 0 Å². The lowest BCUT2D eigenvalue weighted by atomic mass is 10.2. The van der Waals surface area contributed by atoms with Crippen molar-refractivity contribution in [2.45, 2.75) is 19.3 Å². The molecular formula is C23H24O2Si. The fourth-order valence-corrected chi connectivity index (χ4v) is 5.64. The largest absolute Gasteiger partial charge is 0.386 e. The number of hydrogen-bond donors (Lipinski definition) is 0. The first-order chi connectivity index (χ1) is 12.8. The molecule has 0 saturated heterocycles. The van der Waals surface area contributed by atoms with Crippen molar-refractivity contribution in [1.29, 1.82) is 0 Å². The number of hydrogen-bond acceptors (Lipinski definition) is 2. The van der Waals surface area contributed by atoms with Crippen LogP contribution in [-0.2, 0) is 22.1 Å². The molecule has 2 nitrogen and oxygen atoms in total. The predicted molar refractivity (Wildman–Crippen MR) is 109 cm³/mol. The first-order valence-electron chi connectivity index (χ1n) is 8.84. The van der Waals surface area contributed by atoms with E-state index in [0.29, 0.717) is 19.3 Å². The van der Waals surface area contributed by atoms with Crippen molar-refractivity contribution >= 4 is 13.7 Å². The van der Waals surface area contributed by atoms with E-state index in [-0.39, 0.29) is 0 Å². The van der Waals surface area contributed by atoms with E-state index in [9.17, 15) is 0 Å². The van der Waals surface area contributed by atoms with Gasteiger partial charge in [-0.1, -0.05) is 97.1 Å². The van der Waals surface area contributed by atoms with E-state index in [2.05, 4.69) is 43.0 Å². The molecule has 3 rings (SSSR count). The number of allylic oxidation sites excluding steroid dienone is 1. The van der Waals surface area contributed by atoms with Gasteiger partial charge in [0.25, 0.3) is 0 Å². The third-order valence-corrected chi connectivity index (χ3v) is 7.52. The summed E-state index contributed by atoms with van der Waals surface area (Å²) in [6.45, 7) is 5.02. The molecule has 0 fully saturated rings. The van der Waals surface area contributed by atoms with Gasteiger partial charge in [-0.3, -0.25) is 0 Å². The quantitative estimate of drug-likeness (QED) is 0.397. The molecule has 0 aliphatic carbocycles. The van der Waals surface area contributed by atoms with Crippen LogP contribution < -0.4 is 5.19 Å². The summed E-state index contributed by atoms with van der Waals surface area (Å²) in [4.78, 5) is 0. The highest BCUT2D eigenvalue weighted by Crippen LogP contribution is 2.20. The molecule has 0 aliphatic rings. The Hall–Kier alpha value is -2.46. The number of rotatable bonds is 9. The zero-order valence-corrected chi connectivity index (χ0v) is 15.9. The zero-order valence-electron chi connectivity index (χ0n) is 14.9. The molecule has 0 radical (unpaired) electrons. The monoisotopic (exact) mass is 360 g/mol. The molecule has 0 aliphatic heterocycles. The first-order valence-corrected chi connectivity index (χ1v) is 10.9. The Bertz CT molecular complexity index is 745. The first kappa shape index (κ1) is 18.3. The Morgan fingerprint density at radius 1 is 0.654 bits per heavy atom. The summed E-state index contributed by atoms with van der Waals surface area (Å²) in [7, 11) is -2.66. The Balaban J connectivity index is 1.85. The van der Waals surface area contributed by atoms with Crippen molar-refractivity contribution in [2.75, 3.05) is 0 Å². The lowest BCUT2D eigenvalue weighted by Crippen LogP contribution is -2.53. The normalized spacial score (nSPS) is 11.2. The third-order valence-electron chi connectivity index (χ3n) is 4.26. The Kier molecular flexibility index (Phi) is 6.55. The molecule has 0 heterocycles. The smallest absolute Gasteiger partial charge is 0.376 e. The van der Waals surface area contributed by atoms with Gasteiger partial charge in [-0.15, -0.1) is 6.58 Å². The summed E-state index contributed by atoms with van der Waals surface area (Å²) in [6, 6.07) is 31.5. The van der Waals surface area contributed by atoms with Crippen LogP contribution in [0, 0.1) is 0 Å². The van der Waals surface area contributed by atoms with Crippen LogP contribution in [0.4, 0.5) is 0 Å². The van der Waals surface area contributed by atoms with E-state index < -0.39 is 8.56 Å². The van der Waals surface area contributed by atoms with Crippen LogP contribution in [0.15, 0.2) is 104 Å². The van der Waals surface area contributed by atoms with Gasteiger partial charge in [-0.05, 0) is 16.3 Å². The van der Waals surface area contributed by atoms with Crippen molar-refractivity contribution in [3.8, 4) is 0 Å². The van der Waals surface area contributed by atoms with E-state index in [4.69, 9.17) is 8.85 Å². The fourth-order valence-electron chi connectivity index (χ4n) is 2.87. The molecule has 0 amide bonds. The molecule has 3 heteroatoms. The molecule has 0 N–H and O–H groups in total. The number of benzene rings is 3. The average Bonchev–Trinajstić information content (AvgIpc) is 2.72. The fraction of sp³-hybridized carbons (Fsp3) is 0.130. The third kappa shape index (κ3) is 4.79. The Labute approximate surface area is 157 Å². The molecule has 0 saturated carbocycles. The van der Waals surface area contributed by atoms with E-state index >= 15 is 0 Å². The topological polar surface area (TPSA) is 18.5 Å². The van der Waals surface area contributed by atoms with Crippen LogP contribution >= 0.6 is 0 Å². The minimum Gasteiger partial charge on any atom is -0.386 e. The highest BCUT2D eigenvalue weighted by Gasteiger charge is 2.39. The Morgan fingerprint density at radius 3 is 1.50 bits per heavy atom. The standard InChI is InChI=1S/C23H24O2Si/c1-2-18-26(23-16-10-5-11-17-23,24-19-21-12-6-3-7-13-21)25-20-22-14-8-4-9-15-22/h2-17H,1,18-20H2. The van der Waals surface area contributed by atoms with E-state index in [1.165, 1.54) is 0 Å². The second kappa shape index (κ2) is 9.29. The van der Waals surface area contributed by atoms with E-state index in [0.717, 1.165) is 16.3 Å². The van der Waals surface area contributed by atoms with Gasteiger partial charge in [-0.25, -0.2) is 0 Å². The molecule has 26 heavy (non-hydrogen) atoms. The molecule has 3 aromatic rings. The average molecular weight is 361 g/mol. The summed E-state index contributed by atoms with van der Waals surface area (Å²) in [6.07, 6.45) is 1.91. The molecule has 0 spiro atoms. The molecule has 0 aromatic heterocycles. The van der Waals surface area contributed by atoms with Crippen LogP contribution in [0.5, 0.6) is 0 Å². The van der Waals surface area contributed by atoms with Gasteiger partial charge in [-0.2, -0.15) is 0 Å². The minimum atomic E-state index is -2.66. The maximum absolute atomic E-state index is 6.51. The summed E-state index contributed by atoms with van der Waals surface area (Å²) in [5.41, 5.74) is 2.29. The summed E-state index contributed by atoms with van der Waals surface area (Å²) in [5.74, 6) is 0. The lowest BCUT2D eigenvalue weighted by Gasteiger charge is -2.30. The van der Waals surface area contributed by atoms with Crippen molar-refractivity contribution in [1.82, 2.24) is 0 Å². The van der Waals surface area contributed by atoms with Crippen LogP contribution in [0.2, 0.25) is 6.04 Å². The van der Waals surface area contributed by atoms with Crippen LogP contribution in [0.1, 0.15) is 11.1 Å². The summed E-state index contributed by atoms with van der Waals surface area (Å²) in [5, 5.41) is 1.13. The summed E-state index contributed by atoms with van der Waals surface area (Å²) >= 11 is 0. The molecule has 0 bridgehead atoms. The van der Waals surface area contributed by atoms with Gasteiger partial charge in [0.2, 0.25) is 0 Å². The van der Waals surface area contributed by atoms with Crippen LogP contribution in [0.25, 0.3) is 0 Å². The van der Waals surface area contributed by atoms with Gasteiger partial charge in [0.1, 0.15) is 0 Å². The van der Waals surface area contributed by atoms with E-state index in [1.807, 2.05) is 60.7 Å². The second-order valence-corrected chi connectivity index (χ2v) is 9.23. The van der Waals surface area contributed by atoms with Crippen molar-refractivity contribution in [3.05, 3.63) is 115 Å². The van der Waals surface area contributed by atoms with Gasteiger partial charge in [0.05, 0.1) is 13.2 Å². The second-order valence-electron chi connectivity index (χ2n) is 6.16. The van der Waals surface area contributed by atoms with Crippen molar-refractivity contribution in [2.24, 2.45) is 0 Å². The summed E-state index contributed by atoms with van der Waals surface area (Å²) < 4.78 is 13.0. The lowest BCUT2D eigenvalue weighted by molar-refractivity contribution is 0.167. The van der Waals surface area contributed by atoms with Gasteiger partial charge in [0, 0.05) is 6.04 Å². The van der Waals surface area contributed by atoms with Gasteiger partial charge in [0.15, 0.2) is 0 Å². The highest BCUT2D eigenvalue weighted by molar-refractivity contribution is 6.81. The van der Waals surface area contributed by atoms with Crippen LogP contribution in [-0.4, -0.2) is 8.56 Å². The van der Waals surface area contributed by atoms with Gasteiger partial charge >= 0.3 is 8.56 Å². The zero-order chi connectivity index (χ0) is 18.1. The highest BCUT2D eigenvalue weighted by atomic mass is 28.4. The molecule has 132 valence electrons. The van der Waals surface area contributed by atoms with Crippen molar-refractivity contribution < 1.29 is 8.85 Å². The minimum absolute atomic E-state index is 0.532. The maximum atomic E-state index is 6.51. The van der Waals surface area contributed by atoms with Gasteiger partial charge < -0.3 is 8.85 Å².